The highest BCUT2D eigenvalue weighted by molar-refractivity contribution is 5.38. The summed E-state index contributed by atoms with van der Waals surface area (Å²) in [6.07, 6.45) is -17.8. The summed E-state index contributed by atoms with van der Waals surface area (Å²) in [6, 6.07) is -3.27. The summed E-state index contributed by atoms with van der Waals surface area (Å²) in [6.45, 7) is 0. The lowest BCUT2D eigenvalue weighted by atomic mass is 9.95. The minimum Gasteiger partial charge on any atom is -0.324 e. The van der Waals surface area contributed by atoms with Crippen molar-refractivity contribution < 1.29 is 43.9 Å². The molecule has 1 rings (SSSR count). The van der Waals surface area contributed by atoms with Gasteiger partial charge < -0.3 is 5.73 Å². The van der Waals surface area contributed by atoms with Gasteiger partial charge in [0.15, 0.2) is 0 Å². The van der Waals surface area contributed by atoms with Crippen molar-refractivity contribution in [2.75, 3.05) is 0 Å². The van der Waals surface area contributed by atoms with E-state index >= 15 is 0 Å². The molecule has 0 saturated carbocycles. The molecule has 0 unspecified atom stereocenters. The van der Waals surface area contributed by atoms with Crippen molar-refractivity contribution in [2.24, 2.45) is 5.73 Å². The van der Waals surface area contributed by atoms with Crippen LogP contribution in [-0.4, -0.2) is 6.18 Å². The fourth-order valence-electron chi connectivity index (χ4n) is 1.74. The van der Waals surface area contributed by atoms with Crippen LogP contribution in [0, 0.1) is 5.82 Å². The number of benzene rings is 1. The van der Waals surface area contributed by atoms with Gasteiger partial charge in [-0.1, -0.05) is 0 Å². The van der Waals surface area contributed by atoms with E-state index in [4.69, 9.17) is 5.73 Å². The maximum absolute atomic E-state index is 13.5. The predicted molar refractivity (Wildman–Crippen MR) is 54.0 cm³/mol. The van der Waals surface area contributed by atoms with E-state index in [1.54, 1.807) is 0 Å². The van der Waals surface area contributed by atoms with Gasteiger partial charge in [-0.15, -0.1) is 0 Å². The molecule has 1 aromatic rings. The highest BCUT2D eigenvalue weighted by Gasteiger charge is 2.42. The molecule has 0 heterocycles. The van der Waals surface area contributed by atoms with Crippen LogP contribution in [0.3, 0.4) is 0 Å². The van der Waals surface area contributed by atoms with E-state index in [0.29, 0.717) is 0 Å². The SMILES string of the molecule is N[C@@H](CC(F)(F)F)c1c(F)cc(C(F)(F)F)cc1C(F)(F)F. The molecule has 0 amide bonds. The second-order valence-electron chi connectivity index (χ2n) is 4.34. The molecular weight excluding hydrogens is 336 g/mol. The van der Waals surface area contributed by atoms with Crippen molar-refractivity contribution in [2.45, 2.75) is 31.0 Å². The summed E-state index contributed by atoms with van der Waals surface area (Å²) in [7, 11) is 0. The zero-order valence-corrected chi connectivity index (χ0v) is 10.3. The van der Waals surface area contributed by atoms with E-state index in [1.165, 1.54) is 0 Å². The van der Waals surface area contributed by atoms with Gasteiger partial charge in [-0.25, -0.2) is 4.39 Å². The second kappa shape index (κ2) is 5.60. The minimum absolute atomic E-state index is 0.319. The van der Waals surface area contributed by atoms with E-state index in [1.807, 2.05) is 0 Å². The Morgan fingerprint density at radius 2 is 1.36 bits per heavy atom. The Kier molecular flexibility index (Phi) is 4.71. The first-order valence-electron chi connectivity index (χ1n) is 5.43. The molecule has 22 heavy (non-hydrogen) atoms. The summed E-state index contributed by atoms with van der Waals surface area (Å²) < 4.78 is 125. The molecule has 0 radical (unpaired) electrons. The molecule has 0 saturated heterocycles. The molecular formula is C11H7F10N. The van der Waals surface area contributed by atoms with E-state index in [0.717, 1.165) is 0 Å². The first-order valence-corrected chi connectivity index (χ1v) is 5.43. The quantitative estimate of drug-likeness (QED) is 0.766. The Morgan fingerprint density at radius 1 is 0.864 bits per heavy atom. The van der Waals surface area contributed by atoms with Gasteiger partial charge in [0.05, 0.1) is 17.5 Å². The van der Waals surface area contributed by atoms with Crippen LogP contribution >= 0.6 is 0 Å². The second-order valence-corrected chi connectivity index (χ2v) is 4.34. The Balaban J connectivity index is 3.51. The van der Waals surface area contributed by atoms with Crippen molar-refractivity contribution >= 4 is 0 Å². The van der Waals surface area contributed by atoms with Gasteiger partial charge in [-0.2, -0.15) is 39.5 Å². The van der Waals surface area contributed by atoms with E-state index in [-0.39, 0.29) is 6.07 Å². The van der Waals surface area contributed by atoms with Gasteiger partial charge in [-0.05, 0) is 12.1 Å². The zero-order valence-electron chi connectivity index (χ0n) is 10.3. The molecule has 0 spiro atoms. The van der Waals surface area contributed by atoms with Gasteiger partial charge in [0.25, 0.3) is 0 Å². The molecule has 0 aliphatic heterocycles. The van der Waals surface area contributed by atoms with Crippen LogP contribution in [0.15, 0.2) is 12.1 Å². The fraction of sp³-hybridized carbons (Fsp3) is 0.455. The summed E-state index contributed by atoms with van der Waals surface area (Å²) >= 11 is 0. The third-order valence-electron chi connectivity index (χ3n) is 2.58. The van der Waals surface area contributed by atoms with Crippen LogP contribution in [0.25, 0.3) is 0 Å². The molecule has 11 heteroatoms. The predicted octanol–water partition coefficient (Wildman–Crippen LogP) is 4.82. The standard InChI is InChI=1S/C11H7F10N/c12-6-2-4(10(16,17)18)1-5(11(19,20)21)8(6)7(22)3-9(13,14)15/h1-2,7H,3,22H2/t7-/m0/s1. The molecule has 1 atom stereocenters. The van der Waals surface area contributed by atoms with Gasteiger partial charge in [0, 0.05) is 11.6 Å². The van der Waals surface area contributed by atoms with E-state index in [2.05, 4.69) is 0 Å². The Labute approximate surface area is 116 Å². The highest BCUT2D eigenvalue weighted by atomic mass is 19.4. The van der Waals surface area contributed by atoms with Crippen LogP contribution in [0.5, 0.6) is 0 Å². The average molecular weight is 343 g/mol. The lowest BCUT2D eigenvalue weighted by Gasteiger charge is -2.21. The largest absolute Gasteiger partial charge is 0.416 e. The van der Waals surface area contributed by atoms with Crippen LogP contribution < -0.4 is 5.73 Å². The van der Waals surface area contributed by atoms with Crippen molar-refractivity contribution in [3.8, 4) is 0 Å². The lowest BCUT2D eigenvalue weighted by Crippen LogP contribution is -2.25. The van der Waals surface area contributed by atoms with Crippen molar-refractivity contribution in [3.63, 3.8) is 0 Å². The Hall–Kier alpha value is -1.52. The lowest BCUT2D eigenvalue weighted by molar-refractivity contribution is -0.147. The van der Waals surface area contributed by atoms with E-state index < -0.39 is 59.6 Å². The van der Waals surface area contributed by atoms with Crippen molar-refractivity contribution in [1.82, 2.24) is 0 Å². The first kappa shape index (κ1) is 18.5. The number of nitrogens with two attached hydrogens (primary N) is 1. The number of alkyl halides is 9. The number of halogens is 10. The molecule has 0 fully saturated rings. The molecule has 0 aliphatic rings. The van der Waals surface area contributed by atoms with E-state index in [9.17, 15) is 43.9 Å². The van der Waals surface area contributed by atoms with Crippen LogP contribution in [0.4, 0.5) is 43.9 Å². The van der Waals surface area contributed by atoms with Gasteiger partial charge in [0.2, 0.25) is 0 Å². The number of hydrogen-bond acceptors (Lipinski definition) is 1. The molecule has 0 aromatic heterocycles. The van der Waals surface area contributed by atoms with Gasteiger partial charge in [-0.3, -0.25) is 0 Å². The number of rotatable bonds is 2. The maximum Gasteiger partial charge on any atom is 0.416 e. The van der Waals surface area contributed by atoms with Gasteiger partial charge >= 0.3 is 18.5 Å². The molecule has 1 nitrogen and oxygen atoms in total. The smallest absolute Gasteiger partial charge is 0.324 e. The molecule has 1 aromatic carbocycles. The molecule has 2 N–H and O–H groups in total. The molecule has 0 aliphatic carbocycles. The van der Waals surface area contributed by atoms with Crippen LogP contribution in [0.2, 0.25) is 0 Å². The third kappa shape index (κ3) is 4.49. The highest BCUT2D eigenvalue weighted by Crippen LogP contribution is 2.41. The average Bonchev–Trinajstić information content (AvgIpc) is 2.22. The summed E-state index contributed by atoms with van der Waals surface area (Å²) in [4.78, 5) is 0. The number of hydrogen-bond donors (Lipinski definition) is 1. The topological polar surface area (TPSA) is 26.0 Å². The monoisotopic (exact) mass is 343 g/mol. The van der Waals surface area contributed by atoms with Crippen molar-refractivity contribution in [1.29, 1.82) is 0 Å². The Morgan fingerprint density at radius 3 is 1.73 bits per heavy atom. The normalized spacial score (nSPS) is 15.0. The van der Waals surface area contributed by atoms with Crippen LogP contribution in [-0.2, 0) is 12.4 Å². The fourth-order valence-corrected chi connectivity index (χ4v) is 1.74. The third-order valence-corrected chi connectivity index (χ3v) is 2.58. The van der Waals surface area contributed by atoms with Crippen LogP contribution in [0.1, 0.15) is 29.2 Å². The van der Waals surface area contributed by atoms with Crippen molar-refractivity contribution in [3.05, 3.63) is 34.6 Å². The summed E-state index contributed by atoms with van der Waals surface area (Å²) in [5.41, 5.74) is -0.913. The Bertz CT molecular complexity index is 540. The summed E-state index contributed by atoms with van der Waals surface area (Å²) in [5, 5.41) is 0. The maximum atomic E-state index is 13.5. The zero-order chi connectivity index (χ0) is 17.5. The summed E-state index contributed by atoms with van der Waals surface area (Å²) in [5.74, 6) is -2.10. The minimum atomic E-state index is -5.50. The molecule has 126 valence electrons. The molecule has 0 bridgehead atoms. The van der Waals surface area contributed by atoms with Gasteiger partial charge in [0.1, 0.15) is 5.82 Å². The first-order chi connectivity index (χ1) is 9.63.